The molecule has 1 heterocycles. The van der Waals surface area contributed by atoms with E-state index in [2.05, 4.69) is 9.97 Å². The molecule has 1 atom stereocenters. The number of nitrogens with zero attached hydrogens (tertiary/aromatic N) is 3. The van der Waals surface area contributed by atoms with Crippen molar-refractivity contribution < 1.29 is 5.11 Å². The predicted molar refractivity (Wildman–Crippen MR) is 61.0 cm³/mol. The van der Waals surface area contributed by atoms with E-state index < -0.39 is 0 Å². The van der Waals surface area contributed by atoms with E-state index in [1.807, 2.05) is 11.9 Å². The predicted octanol–water partition coefficient (Wildman–Crippen LogP) is 0.919. The van der Waals surface area contributed by atoms with Crippen molar-refractivity contribution in [3.05, 3.63) is 11.5 Å². The Kier molecular flexibility index (Phi) is 4.11. The summed E-state index contributed by atoms with van der Waals surface area (Å²) in [5, 5.41) is 9.32. The lowest BCUT2D eigenvalue weighted by molar-refractivity contribution is 0.187. The van der Waals surface area contributed by atoms with Gasteiger partial charge in [-0.2, -0.15) is 4.98 Å². The maximum absolute atomic E-state index is 9.16. The summed E-state index contributed by atoms with van der Waals surface area (Å²) in [7, 11) is 1.84. The Morgan fingerprint density at radius 3 is 2.93 bits per heavy atom. The smallest absolute Gasteiger partial charge is 0.224 e. The fourth-order valence-electron chi connectivity index (χ4n) is 1.15. The van der Waals surface area contributed by atoms with E-state index in [1.165, 1.54) is 6.20 Å². The lowest BCUT2D eigenvalue weighted by atomic mass is 10.3. The molecule has 0 radical (unpaired) electrons. The molecule has 84 valence electrons. The van der Waals surface area contributed by atoms with Crippen LogP contribution in [0.2, 0.25) is 5.28 Å². The lowest BCUT2D eigenvalue weighted by Crippen LogP contribution is -2.24. The van der Waals surface area contributed by atoms with E-state index in [9.17, 15) is 0 Å². The molecule has 0 aliphatic heterocycles. The summed E-state index contributed by atoms with van der Waals surface area (Å²) in [5.74, 6) is 0.593. The van der Waals surface area contributed by atoms with Gasteiger partial charge in [-0.25, -0.2) is 4.98 Å². The molecule has 0 aliphatic rings. The zero-order chi connectivity index (χ0) is 11.4. The Morgan fingerprint density at radius 1 is 1.67 bits per heavy atom. The third kappa shape index (κ3) is 3.53. The number of halogens is 1. The standard InChI is InChI=1S/C9H15ClN4O/c1-6(15)3-4-14(2)8-7(11)5-12-9(10)13-8/h5-6,15H,3-4,11H2,1-2H3. The van der Waals surface area contributed by atoms with E-state index in [0.717, 1.165) is 0 Å². The van der Waals surface area contributed by atoms with E-state index in [0.29, 0.717) is 24.5 Å². The third-order valence-corrected chi connectivity index (χ3v) is 2.19. The zero-order valence-corrected chi connectivity index (χ0v) is 9.57. The maximum atomic E-state index is 9.16. The number of hydrogen-bond donors (Lipinski definition) is 2. The van der Waals surface area contributed by atoms with Gasteiger partial charge in [-0.05, 0) is 24.9 Å². The van der Waals surface area contributed by atoms with Crippen LogP contribution in [0.4, 0.5) is 11.5 Å². The second-order valence-electron chi connectivity index (χ2n) is 3.48. The van der Waals surface area contributed by atoms with Gasteiger partial charge in [0.05, 0.1) is 18.0 Å². The van der Waals surface area contributed by atoms with Gasteiger partial charge in [0.2, 0.25) is 5.28 Å². The van der Waals surface area contributed by atoms with Crippen LogP contribution < -0.4 is 10.6 Å². The van der Waals surface area contributed by atoms with Gasteiger partial charge >= 0.3 is 0 Å². The minimum atomic E-state index is -0.342. The van der Waals surface area contributed by atoms with Gasteiger partial charge < -0.3 is 15.7 Å². The summed E-state index contributed by atoms with van der Waals surface area (Å²) in [6, 6.07) is 0. The highest BCUT2D eigenvalue weighted by Crippen LogP contribution is 2.19. The van der Waals surface area contributed by atoms with Crippen LogP contribution in [-0.4, -0.2) is 34.8 Å². The Bertz CT molecular complexity index is 332. The Morgan fingerprint density at radius 2 is 2.33 bits per heavy atom. The number of nitrogens with two attached hydrogens (primary N) is 1. The van der Waals surface area contributed by atoms with Crippen molar-refractivity contribution in [3.63, 3.8) is 0 Å². The summed E-state index contributed by atoms with van der Waals surface area (Å²) < 4.78 is 0. The molecular formula is C9H15ClN4O. The van der Waals surface area contributed by atoms with Crippen LogP contribution in [0.15, 0.2) is 6.20 Å². The Balaban J connectivity index is 2.72. The first-order chi connectivity index (χ1) is 7.00. The summed E-state index contributed by atoms with van der Waals surface area (Å²) >= 11 is 5.67. The number of anilines is 2. The SMILES string of the molecule is CC(O)CCN(C)c1nc(Cl)ncc1N. The number of aromatic nitrogens is 2. The topological polar surface area (TPSA) is 75.3 Å². The monoisotopic (exact) mass is 230 g/mol. The molecule has 0 fully saturated rings. The van der Waals surface area contributed by atoms with Crippen LogP contribution in [0.3, 0.4) is 0 Å². The lowest BCUT2D eigenvalue weighted by Gasteiger charge is -2.20. The molecule has 0 aromatic carbocycles. The number of hydrogen-bond acceptors (Lipinski definition) is 5. The van der Waals surface area contributed by atoms with Gasteiger partial charge in [-0.1, -0.05) is 0 Å². The number of aliphatic hydroxyl groups excluding tert-OH is 1. The molecule has 1 aromatic rings. The molecule has 0 saturated carbocycles. The van der Waals surface area contributed by atoms with Crippen LogP contribution in [-0.2, 0) is 0 Å². The summed E-state index contributed by atoms with van der Waals surface area (Å²) in [6.07, 6.45) is 1.78. The molecular weight excluding hydrogens is 216 g/mol. The van der Waals surface area contributed by atoms with Crippen molar-refractivity contribution in [1.82, 2.24) is 9.97 Å². The van der Waals surface area contributed by atoms with Gasteiger partial charge in [0.15, 0.2) is 5.82 Å². The molecule has 1 aromatic heterocycles. The summed E-state index contributed by atoms with van der Waals surface area (Å²) in [6.45, 7) is 2.40. The molecule has 3 N–H and O–H groups in total. The molecule has 1 rings (SSSR count). The van der Waals surface area contributed by atoms with Crippen molar-refractivity contribution in [1.29, 1.82) is 0 Å². The van der Waals surface area contributed by atoms with Gasteiger partial charge in [0.25, 0.3) is 0 Å². The highest BCUT2D eigenvalue weighted by atomic mass is 35.5. The molecule has 6 heteroatoms. The average molecular weight is 231 g/mol. The van der Waals surface area contributed by atoms with E-state index >= 15 is 0 Å². The highest BCUT2D eigenvalue weighted by molar-refractivity contribution is 6.28. The van der Waals surface area contributed by atoms with Crippen LogP contribution >= 0.6 is 11.6 Å². The number of nitrogen functional groups attached to an aromatic ring is 1. The van der Waals surface area contributed by atoms with E-state index in [-0.39, 0.29) is 11.4 Å². The summed E-state index contributed by atoms with van der Waals surface area (Å²) in [5.41, 5.74) is 6.19. The summed E-state index contributed by atoms with van der Waals surface area (Å²) in [4.78, 5) is 9.64. The van der Waals surface area contributed by atoms with Crippen molar-refractivity contribution in [3.8, 4) is 0 Å². The van der Waals surface area contributed by atoms with E-state index in [4.69, 9.17) is 22.4 Å². The van der Waals surface area contributed by atoms with E-state index in [1.54, 1.807) is 6.92 Å². The molecule has 0 amide bonds. The fourth-order valence-corrected chi connectivity index (χ4v) is 1.28. The normalized spacial score (nSPS) is 12.5. The fraction of sp³-hybridized carbons (Fsp3) is 0.556. The molecule has 1 unspecified atom stereocenters. The van der Waals surface area contributed by atoms with Crippen LogP contribution in [0.1, 0.15) is 13.3 Å². The minimum Gasteiger partial charge on any atom is -0.394 e. The first kappa shape index (κ1) is 12.0. The maximum Gasteiger partial charge on any atom is 0.224 e. The van der Waals surface area contributed by atoms with Crippen LogP contribution in [0.5, 0.6) is 0 Å². The number of aliphatic hydroxyl groups is 1. The first-order valence-corrected chi connectivity index (χ1v) is 5.05. The average Bonchev–Trinajstić information content (AvgIpc) is 2.18. The molecule has 0 aliphatic carbocycles. The Hall–Kier alpha value is -1.07. The van der Waals surface area contributed by atoms with Crippen molar-refractivity contribution >= 4 is 23.1 Å². The van der Waals surface area contributed by atoms with Gasteiger partial charge in [-0.15, -0.1) is 0 Å². The van der Waals surface area contributed by atoms with Crippen LogP contribution in [0, 0.1) is 0 Å². The number of rotatable bonds is 4. The van der Waals surface area contributed by atoms with Gasteiger partial charge in [0.1, 0.15) is 0 Å². The second-order valence-corrected chi connectivity index (χ2v) is 3.82. The minimum absolute atomic E-state index is 0.170. The molecule has 5 nitrogen and oxygen atoms in total. The first-order valence-electron chi connectivity index (χ1n) is 4.68. The van der Waals surface area contributed by atoms with Gasteiger partial charge in [0, 0.05) is 13.6 Å². The third-order valence-electron chi connectivity index (χ3n) is 2.01. The Labute approximate surface area is 93.9 Å². The highest BCUT2D eigenvalue weighted by Gasteiger charge is 2.09. The molecule has 15 heavy (non-hydrogen) atoms. The second kappa shape index (κ2) is 5.14. The van der Waals surface area contributed by atoms with Crippen molar-refractivity contribution in [2.75, 3.05) is 24.2 Å². The molecule has 0 spiro atoms. The largest absolute Gasteiger partial charge is 0.394 e. The van der Waals surface area contributed by atoms with Crippen molar-refractivity contribution in [2.24, 2.45) is 0 Å². The quantitative estimate of drug-likeness (QED) is 0.753. The van der Waals surface area contributed by atoms with Crippen LogP contribution in [0.25, 0.3) is 0 Å². The van der Waals surface area contributed by atoms with Gasteiger partial charge in [-0.3, -0.25) is 0 Å². The molecule has 0 saturated heterocycles. The molecule has 0 bridgehead atoms. The van der Waals surface area contributed by atoms with Crippen molar-refractivity contribution in [2.45, 2.75) is 19.4 Å². The zero-order valence-electron chi connectivity index (χ0n) is 8.81.